The van der Waals surface area contributed by atoms with Crippen LogP contribution in [0.3, 0.4) is 0 Å². The van der Waals surface area contributed by atoms with Crippen LogP contribution in [0.15, 0.2) is 0 Å². The van der Waals surface area contributed by atoms with Crippen molar-refractivity contribution in [3.05, 3.63) is 0 Å². The molecule has 0 bridgehead atoms. The van der Waals surface area contributed by atoms with Crippen LogP contribution in [0.5, 0.6) is 0 Å². The molecule has 2 saturated heterocycles. The van der Waals surface area contributed by atoms with E-state index in [1.54, 1.807) is 0 Å². The fourth-order valence-corrected chi connectivity index (χ4v) is 1.97. The van der Waals surface area contributed by atoms with Gasteiger partial charge in [-0.05, 0) is 0 Å². The molecule has 0 amide bonds. The number of aliphatic hydroxyl groups excluding tert-OH is 6. The Kier molecular flexibility index (Phi) is 4.71. The minimum Gasteiger partial charge on any atom is -0.388 e. The van der Waals surface area contributed by atoms with Gasteiger partial charge in [-0.25, -0.2) is 0 Å². The van der Waals surface area contributed by atoms with Gasteiger partial charge in [0.2, 0.25) is 0 Å². The zero-order chi connectivity index (χ0) is 14.2. The summed E-state index contributed by atoms with van der Waals surface area (Å²) in [5.41, 5.74) is 0. The van der Waals surface area contributed by atoms with Crippen LogP contribution in [-0.4, -0.2) is 93.1 Å². The van der Waals surface area contributed by atoms with Gasteiger partial charge in [0.25, 0.3) is 0 Å². The van der Waals surface area contributed by atoms with Gasteiger partial charge < -0.3 is 44.8 Å². The molecular formula is C10H18O9. The first-order chi connectivity index (χ1) is 8.91. The van der Waals surface area contributed by atoms with E-state index in [2.05, 4.69) is 0 Å². The first-order valence-corrected chi connectivity index (χ1v) is 5.89. The summed E-state index contributed by atoms with van der Waals surface area (Å²) in [5.74, 6) is 0. The predicted molar refractivity (Wildman–Crippen MR) is 56.6 cm³/mol. The summed E-state index contributed by atoms with van der Waals surface area (Å²) in [6.45, 7) is -0.456. The number of ether oxygens (including phenoxy) is 3. The third-order valence-electron chi connectivity index (χ3n) is 3.22. The monoisotopic (exact) mass is 282 g/mol. The normalized spacial score (nSPS) is 52.1. The Morgan fingerprint density at radius 1 is 0.737 bits per heavy atom. The molecule has 19 heavy (non-hydrogen) atoms. The predicted octanol–water partition coefficient (Wildman–Crippen LogP) is -4.12. The highest BCUT2D eigenvalue weighted by atomic mass is 16.7. The van der Waals surface area contributed by atoms with Crippen molar-refractivity contribution in [2.24, 2.45) is 0 Å². The smallest absolute Gasteiger partial charge is 0.186 e. The maximum atomic E-state index is 9.68. The van der Waals surface area contributed by atoms with Crippen molar-refractivity contribution in [1.82, 2.24) is 0 Å². The fraction of sp³-hybridized carbons (Fsp3) is 1.00. The molecule has 0 radical (unpaired) electrons. The standard InChI is InChI=1S/C10H18O9/c11-3-1-18-10(8(15)5(3)12)19-4-2-17-9(16)7(14)6(4)13/h3-16H,1-2H2/t3-,4-,5?,6?,7+,8+,9-,10+/m1/s1. The molecule has 0 spiro atoms. The minimum atomic E-state index is -1.55. The molecule has 0 aromatic rings. The molecule has 0 aromatic carbocycles. The lowest BCUT2D eigenvalue weighted by atomic mass is 10.0. The number of hydrogen-bond acceptors (Lipinski definition) is 9. The molecule has 0 aliphatic carbocycles. The van der Waals surface area contributed by atoms with E-state index in [1.807, 2.05) is 0 Å². The lowest BCUT2D eigenvalue weighted by Gasteiger charge is -2.40. The maximum absolute atomic E-state index is 9.68. The van der Waals surface area contributed by atoms with Crippen LogP contribution in [0.4, 0.5) is 0 Å². The Labute approximate surface area is 108 Å². The van der Waals surface area contributed by atoms with E-state index in [-0.39, 0.29) is 13.2 Å². The molecular weight excluding hydrogens is 264 g/mol. The van der Waals surface area contributed by atoms with Crippen molar-refractivity contribution in [3.8, 4) is 0 Å². The summed E-state index contributed by atoms with van der Waals surface area (Å²) in [6.07, 6.45) is -11.0. The average molecular weight is 282 g/mol. The van der Waals surface area contributed by atoms with E-state index < -0.39 is 49.2 Å². The molecule has 2 rings (SSSR count). The summed E-state index contributed by atoms with van der Waals surface area (Å²) < 4.78 is 15.0. The van der Waals surface area contributed by atoms with Gasteiger partial charge in [0, 0.05) is 0 Å². The largest absolute Gasteiger partial charge is 0.388 e. The summed E-state index contributed by atoms with van der Waals surface area (Å²) in [5, 5.41) is 56.6. The highest BCUT2D eigenvalue weighted by Gasteiger charge is 2.44. The lowest BCUT2D eigenvalue weighted by molar-refractivity contribution is -0.323. The second-order valence-electron chi connectivity index (χ2n) is 4.63. The van der Waals surface area contributed by atoms with Gasteiger partial charge in [0.05, 0.1) is 13.2 Å². The Balaban J connectivity index is 1.94. The Hall–Kier alpha value is -0.360. The molecule has 2 heterocycles. The quantitative estimate of drug-likeness (QED) is 0.297. The van der Waals surface area contributed by atoms with E-state index in [9.17, 15) is 25.5 Å². The second-order valence-corrected chi connectivity index (χ2v) is 4.63. The van der Waals surface area contributed by atoms with Crippen LogP contribution in [0, 0.1) is 0 Å². The van der Waals surface area contributed by atoms with Gasteiger partial charge in [-0.15, -0.1) is 0 Å². The van der Waals surface area contributed by atoms with Crippen LogP contribution in [-0.2, 0) is 14.2 Å². The summed E-state index contributed by atoms with van der Waals surface area (Å²) in [7, 11) is 0. The van der Waals surface area contributed by atoms with E-state index in [0.717, 1.165) is 0 Å². The van der Waals surface area contributed by atoms with Crippen LogP contribution >= 0.6 is 0 Å². The number of hydrogen-bond donors (Lipinski definition) is 6. The van der Waals surface area contributed by atoms with Crippen molar-refractivity contribution < 1.29 is 44.8 Å². The van der Waals surface area contributed by atoms with E-state index in [4.69, 9.17) is 19.3 Å². The van der Waals surface area contributed by atoms with Crippen molar-refractivity contribution in [2.45, 2.75) is 49.2 Å². The van der Waals surface area contributed by atoms with Gasteiger partial charge in [-0.1, -0.05) is 0 Å². The van der Waals surface area contributed by atoms with Crippen molar-refractivity contribution in [3.63, 3.8) is 0 Å². The van der Waals surface area contributed by atoms with Crippen LogP contribution in [0.2, 0.25) is 0 Å². The first kappa shape index (κ1) is 15.0. The molecule has 0 saturated carbocycles. The maximum Gasteiger partial charge on any atom is 0.186 e. The first-order valence-electron chi connectivity index (χ1n) is 5.89. The molecule has 9 nitrogen and oxygen atoms in total. The molecule has 2 unspecified atom stereocenters. The molecule has 2 fully saturated rings. The lowest BCUT2D eigenvalue weighted by Crippen LogP contribution is -2.59. The molecule has 8 atom stereocenters. The van der Waals surface area contributed by atoms with Crippen LogP contribution in [0.1, 0.15) is 0 Å². The Bertz CT molecular complexity index is 273. The summed E-state index contributed by atoms with van der Waals surface area (Å²) in [4.78, 5) is 0. The summed E-state index contributed by atoms with van der Waals surface area (Å²) >= 11 is 0. The van der Waals surface area contributed by atoms with Crippen LogP contribution in [0.25, 0.3) is 0 Å². The van der Waals surface area contributed by atoms with Gasteiger partial charge >= 0.3 is 0 Å². The molecule has 9 heteroatoms. The van der Waals surface area contributed by atoms with Crippen molar-refractivity contribution in [1.29, 1.82) is 0 Å². The van der Waals surface area contributed by atoms with Crippen molar-refractivity contribution >= 4 is 0 Å². The molecule has 0 aromatic heterocycles. The van der Waals surface area contributed by atoms with Gasteiger partial charge in [-0.2, -0.15) is 0 Å². The van der Waals surface area contributed by atoms with Gasteiger partial charge in [0.15, 0.2) is 12.6 Å². The van der Waals surface area contributed by atoms with Gasteiger partial charge in [-0.3, -0.25) is 0 Å². The highest BCUT2D eigenvalue weighted by molar-refractivity contribution is 4.87. The average Bonchev–Trinajstić information content (AvgIpc) is 2.39. The van der Waals surface area contributed by atoms with Gasteiger partial charge in [0.1, 0.15) is 36.6 Å². The summed E-state index contributed by atoms with van der Waals surface area (Å²) in [6, 6.07) is 0. The third kappa shape index (κ3) is 3.05. The number of rotatable bonds is 2. The molecule has 2 aliphatic rings. The molecule has 2 aliphatic heterocycles. The Morgan fingerprint density at radius 3 is 2.11 bits per heavy atom. The SMILES string of the molecule is OC1[C@H](O)CO[C@@H](O[C@@H]2CO[C@@H](O)[C@@H](O)C2O)[C@H]1O. The van der Waals surface area contributed by atoms with E-state index >= 15 is 0 Å². The highest BCUT2D eigenvalue weighted by Crippen LogP contribution is 2.22. The minimum absolute atomic E-state index is 0.218. The topological polar surface area (TPSA) is 149 Å². The third-order valence-corrected chi connectivity index (χ3v) is 3.22. The zero-order valence-corrected chi connectivity index (χ0v) is 9.94. The van der Waals surface area contributed by atoms with Crippen LogP contribution < -0.4 is 0 Å². The zero-order valence-electron chi connectivity index (χ0n) is 9.94. The number of aliphatic hydroxyl groups is 6. The molecule has 112 valence electrons. The Morgan fingerprint density at radius 2 is 1.42 bits per heavy atom. The molecule has 6 N–H and O–H groups in total. The second kappa shape index (κ2) is 5.95. The van der Waals surface area contributed by atoms with E-state index in [0.29, 0.717) is 0 Å². The van der Waals surface area contributed by atoms with E-state index in [1.165, 1.54) is 0 Å². The fourth-order valence-electron chi connectivity index (χ4n) is 1.97. The van der Waals surface area contributed by atoms with Crippen molar-refractivity contribution in [2.75, 3.05) is 13.2 Å².